The van der Waals surface area contributed by atoms with Crippen LogP contribution in [0.25, 0.3) is 10.9 Å². The third kappa shape index (κ3) is 6.65. The van der Waals surface area contributed by atoms with E-state index in [4.69, 9.17) is 4.74 Å². The molecule has 1 fully saturated rings. The van der Waals surface area contributed by atoms with E-state index in [1.165, 1.54) is 0 Å². The largest absolute Gasteiger partial charge is 0.497 e. The molecule has 2 N–H and O–H groups in total. The van der Waals surface area contributed by atoms with Gasteiger partial charge in [-0.25, -0.2) is 13.2 Å². The van der Waals surface area contributed by atoms with E-state index >= 15 is 0 Å². The predicted octanol–water partition coefficient (Wildman–Crippen LogP) is 5.25. The standard InChI is InChI=1S/C30H38F3N3O3/c1-35(2)26-18-34-25-7-6-21(39-3)17-22(25)28(26)27(38)8-9-30(19-37)10-13-36(14-11-30)12-4-5-20-15-23(31)29(33)24(32)16-20/h6-7,15-18,27,37-38H,4-5,8-14,19H2,1-3H3. The molecule has 1 unspecified atom stereocenters. The zero-order valence-electron chi connectivity index (χ0n) is 22.9. The van der Waals surface area contributed by atoms with Crippen molar-refractivity contribution in [3.05, 3.63) is 65.1 Å². The zero-order chi connectivity index (χ0) is 28.2. The van der Waals surface area contributed by atoms with Crippen molar-refractivity contribution in [1.29, 1.82) is 0 Å². The van der Waals surface area contributed by atoms with E-state index in [1.54, 1.807) is 13.3 Å². The van der Waals surface area contributed by atoms with Gasteiger partial charge in [-0.05, 0) is 99.5 Å². The smallest absolute Gasteiger partial charge is 0.194 e. The van der Waals surface area contributed by atoms with Gasteiger partial charge in [-0.1, -0.05) is 0 Å². The second kappa shape index (κ2) is 12.5. The van der Waals surface area contributed by atoms with Gasteiger partial charge in [0.2, 0.25) is 0 Å². The number of nitrogens with zero attached hydrogens (tertiary/aromatic N) is 3. The molecule has 1 aromatic heterocycles. The van der Waals surface area contributed by atoms with Gasteiger partial charge in [0.25, 0.3) is 0 Å². The Labute approximate surface area is 228 Å². The molecule has 1 aliphatic rings. The Bertz CT molecular complexity index is 1260. The molecule has 2 heterocycles. The summed E-state index contributed by atoms with van der Waals surface area (Å²) in [7, 11) is 5.46. The fourth-order valence-electron chi connectivity index (χ4n) is 5.60. The van der Waals surface area contributed by atoms with Crippen LogP contribution in [0.15, 0.2) is 36.5 Å². The number of rotatable bonds is 11. The highest BCUT2D eigenvalue weighted by atomic mass is 19.2. The Morgan fingerprint density at radius 3 is 2.41 bits per heavy atom. The van der Waals surface area contributed by atoms with Crippen molar-refractivity contribution < 1.29 is 28.1 Å². The fraction of sp³-hybridized carbons (Fsp3) is 0.500. The number of pyridine rings is 1. The van der Waals surface area contributed by atoms with Gasteiger partial charge in [0, 0.05) is 31.7 Å². The summed E-state index contributed by atoms with van der Waals surface area (Å²) in [4.78, 5) is 8.79. The number of anilines is 1. The number of halogens is 3. The number of benzene rings is 2. The van der Waals surface area contributed by atoms with E-state index in [0.29, 0.717) is 37.0 Å². The van der Waals surface area contributed by atoms with Crippen molar-refractivity contribution in [2.45, 2.75) is 44.6 Å². The SMILES string of the molecule is COc1ccc2ncc(N(C)C)c(C(O)CCC3(CO)CCN(CCCc4cc(F)c(F)c(F)c4)CC3)c2c1. The molecule has 9 heteroatoms. The maximum atomic E-state index is 13.5. The lowest BCUT2D eigenvalue weighted by Gasteiger charge is -2.41. The molecule has 6 nitrogen and oxygen atoms in total. The van der Waals surface area contributed by atoms with Crippen molar-refractivity contribution in [3.63, 3.8) is 0 Å². The maximum absolute atomic E-state index is 13.5. The van der Waals surface area contributed by atoms with Crippen LogP contribution in [-0.4, -0.2) is 67.5 Å². The molecule has 1 aliphatic heterocycles. The van der Waals surface area contributed by atoms with Gasteiger partial charge in [-0.3, -0.25) is 4.98 Å². The minimum atomic E-state index is -1.44. The third-order valence-corrected chi connectivity index (χ3v) is 8.09. The number of hydrogen-bond donors (Lipinski definition) is 2. The second-order valence-corrected chi connectivity index (χ2v) is 10.9. The molecular formula is C30H38F3N3O3. The molecule has 212 valence electrons. The number of piperidine rings is 1. The van der Waals surface area contributed by atoms with E-state index < -0.39 is 23.6 Å². The van der Waals surface area contributed by atoms with Crippen LogP contribution in [0.4, 0.5) is 18.9 Å². The minimum absolute atomic E-state index is 0.0488. The van der Waals surface area contributed by atoms with Crippen molar-refractivity contribution in [2.24, 2.45) is 5.41 Å². The van der Waals surface area contributed by atoms with Crippen LogP contribution < -0.4 is 9.64 Å². The van der Waals surface area contributed by atoms with Crippen LogP contribution in [0.3, 0.4) is 0 Å². The van der Waals surface area contributed by atoms with Crippen LogP contribution in [0.2, 0.25) is 0 Å². The molecule has 0 radical (unpaired) electrons. The summed E-state index contributed by atoms with van der Waals surface area (Å²) >= 11 is 0. The molecule has 1 atom stereocenters. The molecule has 0 amide bonds. The summed E-state index contributed by atoms with van der Waals surface area (Å²) in [5.41, 5.74) is 2.60. The monoisotopic (exact) mass is 545 g/mol. The normalized spacial score (nSPS) is 16.4. The zero-order valence-corrected chi connectivity index (χ0v) is 22.9. The fourth-order valence-corrected chi connectivity index (χ4v) is 5.60. The number of fused-ring (bicyclic) bond motifs is 1. The molecule has 0 spiro atoms. The van der Waals surface area contributed by atoms with Crippen LogP contribution in [0.5, 0.6) is 5.75 Å². The number of aliphatic hydroxyl groups is 2. The number of aryl methyl sites for hydroxylation is 1. The van der Waals surface area contributed by atoms with E-state index in [-0.39, 0.29) is 12.0 Å². The third-order valence-electron chi connectivity index (χ3n) is 8.09. The van der Waals surface area contributed by atoms with E-state index in [0.717, 1.165) is 66.8 Å². The summed E-state index contributed by atoms with van der Waals surface area (Å²) in [5, 5.41) is 22.6. The van der Waals surface area contributed by atoms with Gasteiger partial charge in [0.1, 0.15) is 5.75 Å². The Morgan fingerprint density at radius 1 is 1.10 bits per heavy atom. The maximum Gasteiger partial charge on any atom is 0.194 e. The lowest BCUT2D eigenvalue weighted by atomic mass is 9.74. The van der Waals surface area contributed by atoms with Gasteiger partial charge in [0.15, 0.2) is 17.5 Å². The van der Waals surface area contributed by atoms with Crippen LogP contribution in [0, 0.1) is 22.9 Å². The van der Waals surface area contributed by atoms with Crippen molar-refractivity contribution in [2.75, 3.05) is 52.3 Å². The first-order valence-electron chi connectivity index (χ1n) is 13.4. The number of aromatic nitrogens is 1. The number of likely N-dealkylation sites (tertiary alicyclic amines) is 1. The number of aliphatic hydroxyl groups excluding tert-OH is 2. The van der Waals surface area contributed by atoms with Crippen LogP contribution in [0.1, 0.15) is 49.3 Å². The summed E-state index contributed by atoms with van der Waals surface area (Å²) < 4.78 is 45.6. The van der Waals surface area contributed by atoms with Gasteiger partial charge < -0.3 is 24.7 Å². The van der Waals surface area contributed by atoms with Gasteiger partial charge in [-0.15, -0.1) is 0 Å². The highest BCUT2D eigenvalue weighted by Crippen LogP contribution is 2.41. The number of ether oxygens (including phenoxy) is 1. The molecule has 39 heavy (non-hydrogen) atoms. The predicted molar refractivity (Wildman–Crippen MR) is 147 cm³/mol. The summed E-state index contributed by atoms with van der Waals surface area (Å²) in [6.45, 7) is 2.39. The summed E-state index contributed by atoms with van der Waals surface area (Å²) in [6, 6.07) is 7.76. The first-order chi connectivity index (χ1) is 18.7. The van der Waals surface area contributed by atoms with Gasteiger partial charge in [0.05, 0.1) is 30.6 Å². The molecule has 3 aromatic rings. The highest BCUT2D eigenvalue weighted by Gasteiger charge is 2.35. The lowest BCUT2D eigenvalue weighted by Crippen LogP contribution is -2.42. The Balaban J connectivity index is 1.37. The average Bonchev–Trinajstić information content (AvgIpc) is 2.94. The number of methoxy groups -OCH3 is 1. The Hall–Kier alpha value is -2.88. The second-order valence-electron chi connectivity index (χ2n) is 10.9. The molecule has 0 saturated carbocycles. The molecule has 1 saturated heterocycles. The van der Waals surface area contributed by atoms with Crippen molar-refractivity contribution >= 4 is 16.6 Å². The molecule has 0 bridgehead atoms. The first-order valence-corrected chi connectivity index (χ1v) is 13.4. The van der Waals surface area contributed by atoms with E-state index in [9.17, 15) is 23.4 Å². The lowest BCUT2D eigenvalue weighted by molar-refractivity contribution is 0.0235. The summed E-state index contributed by atoms with van der Waals surface area (Å²) in [6.07, 6.45) is 4.96. The van der Waals surface area contributed by atoms with Crippen molar-refractivity contribution in [1.82, 2.24) is 9.88 Å². The van der Waals surface area contributed by atoms with Crippen molar-refractivity contribution in [3.8, 4) is 5.75 Å². The Morgan fingerprint density at radius 2 is 1.79 bits per heavy atom. The molecule has 4 rings (SSSR count). The van der Waals surface area contributed by atoms with E-state index in [2.05, 4.69) is 9.88 Å². The Kier molecular flexibility index (Phi) is 9.35. The number of hydrogen-bond acceptors (Lipinski definition) is 6. The topological polar surface area (TPSA) is 69.1 Å². The first kappa shape index (κ1) is 29.1. The minimum Gasteiger partial charge on any atom is -0.497 e. The highest BCUT2D eigenvalue weighted by molar-refractivity contribution is 5.88. The van der Waals surface area contributed by atoms with Crippen LogP contribution in [-0.2, 0) is 6.42 Å². The quantitative estimate of drug-likeness (QED) is 0.321. The molecular weight excluding hydrogens is 507 g/mol. The van der Waals surface area contributed by atoms with E-state index in [1.807, 2.05) is 37.2 Å². The average molecular weight is 546 g/mol. The van der Waals surface area contributed by atoms with Gasteiger partial charge in [-0.2, -0.15) is 0 Å². The van der Waals surface area contributed by atoms with Crippen LogP contribution >= 0.6 is 0 Å². The molecule has 2 aromatic carbocycles. The molecule has 0 aliphatic carbocycles. The summed E-state index contributed by atoms with van der Waals surface area (Å²) in [5.74, 6) is -3.05. The van der Waals surface area contributed by atoms with Gasteiger partial charge >= 0.3 is 0 Å².